The fourth-order valence-electron chi connectivity index (χ4n) is 1.38. The van der Waals surface area contributed by atoms with Gasteiger partial charge >= 0.3 is 0 Å². The Bertz CT molecular complexity index is 385. The number of rotatable bonds is 5. The van der Waals surface area contributed by atoms with Crippen LogP contribution in [0.2, 0.25) is 0 Å². The highest BCUT2D eigenvalue weighted by molar-refractivity contribution is 6.05. The molecule has 1 nitrogen and oxygen atoms in total. The summed E-state index contributed by atoms with van der Waals surface area (Å²) in [5, 5.41) is 0. The summed E-state index contributed by atoms with van der Waals surface area (Å²) in [6.45, 7) is 4.09. The van der Waals surface area contributed by atoms with Crippen molar-refractivity contribution in [1.29, 1.82) is 0 Å². The number of hydrogen-bond donors (Lipinski definition) is 0. The van der Waals surface area contributed by atoms with Crippen LogP contribution in [0.25, 0.3) is 0 Å². The van der Waals surface area contributed by atoms with Crippen molar-refractivity contribution in [2.24, 2.45) is 0 Å². The lowest BCUT2D eigenvalue weighted by molar-refractivity contribution is 0.104. The summed E-state index contributed by atoms with van der Waals surface area (Å²) in [5.41, 5.74) is 1.74. The monoisotopic (exact) mass is 214 g/mol. The second-order valence-corrected chi connectivity index (χ2v) is 3.81. The molecule has 0 spiro atoms. The first-order chi connectivity index (χ1) is 7.74. The minimum Gasteiger partial charge on any atom is -0.289 e. The predicted octanol–water partition coefficient (Wildman–Crippen LogP) is 4.17. The van der Waals surface area contributed by atoms with E-state index in [0.717, 1.165) is 24.0 Å². The third kappa shape index (κ3) is 4.26. The Labute approximate surface area is 97.5 Å². The molecule has 1 aromatic rings. The largest absolute Gasteiger partial charge is 0.289 e. The summed E-state index contributed by atoms with van der Waals surface area (Å²) >= 11 is 0. The maximum absolute atomic E-state index is 11.8. The Kier molecular flexibility index (Phi) is 5.27. The first kappa shape index (κ1) is 12.4. The average Bonchev–Trinajstić information content (AvgIpc) is 2.30. The minimum absolute atomic E-state index is 0.0687. The van der Waals surface area contributed by atoms with Crippen molar-refractivity contribution in [1.82, 2.24) is 0 Å². The van der Waals surface area contributed by atoms with E-state index in [9.17, 15) is 4.79 Å². The van der Waals surface area contributed by atoms with Crippen molar-refractivity contribution in [3.63, 3.8) is 0 Å². The highest BCUT2D eigenvalue weighted by Crippen LogP contribution is 2.05. The van der Waals surface area contributed by atoms with E-state index in [-0.39, 0.29) is 5.78 Å². The standard InChI is InChI=1S/C15H18O/c1-3-4-6-9-13(2)12-15(16)14-10-7-5-8-11-14/h5-12H,3-4H2,1-2H3/b9-6+,13-12+. The maximum Gasteiger partial charge on any atom is 0.186 e. The number of carbonyl (C=O) groups excluding carboxylic acids is 1. The second kappa shape index (κ2) is 6.78. The zero-order valence-electron chi connectivity index (χ0n) is 9.94. The number of allylic oxidation sites excluding steroid dienone is 4. The molecule has 0 amide bonds. The van der Waals surface area contributed by atoms with Crippen LogP contribution in [-0.4, -0.2) is 5.78 Å². The van der Waals surface area contributed by atoms with E-state index in [1.54, 1.807) is 6.08 Å². The van der Waals surface area contributed by atoms with Crippen LogP contribution >= 0.6 is 0 Å². The van der Waals surface area contributed by atoms with E-state index in [1.807, 2.05) is 43.3 Å². The highest BCUT2D eigenvalue weighted by atomic mass is 16.1. The zero-order chi connectivity index (χ0) is 11.8. The second-order valence-electron chi connectivity index (χ2n) is 3.81. The summed E-state index contributed by atoms with van der Waals surface area (Å²) in [6.07, 6.45) is 7.98. The quantitative estimate of drug-likeness (QED) is 0.408. The van der Waals surface area contributed by atoms with E-state index in [0.29, 0.717) is 0 Å². The van der Waals surface area contributed by atoms with Gasteiger partial charge in [0, 0.05) is 5.56 Å². The third-order valence-electron chi connectivity index (χ3n) is 2.25. The number of unbranched alkanes of at least 4 members (excludes halogenated alkanes) is 1. The van der Waals surface area contributed by atoms with E-state index in [4.69, 9.17) is 0 Å². The number of hydrogen-bond acceptors (Lipinski definition) is 1. The van der Waals surface area contributed by atoms with Gasteiger partial charge < -0.3 is 0 Å². The molecular weight excluding hydrogens is 196 g/mol. The number of benzene rings is 1. The van der Waals surface area contributed by atoms with E-state index >= 15 is 0 Å². The predicted molar refractivity (Wildman–Crippen MR) is 68.6 cm³/mol. The Morgan fingerprint density at radius 3 is 2.56 bits per heavy atom. The van der Waals surface area contributed by atoms with Gasteiger partial charge in [0.2, 0.25) is 0 Å². The number of carbonyl (C=O) groups is 1. The first-order valence-corrected chi connectivity index (χ1v) is 5.68. The smallest absolute Gasteiger partial charge is 0.186 e. The molecule has 0 atom stereocenters. The van der Waals surface area contributed by atoms with Crippen molar-refractivity contribution >= 4 is 5.78 Å². The SMILES string of the molecule is CCC/C=C/C(C)=C/C(=O)c1ccccc1. The lowest BCUT2D eigenvalue weighted by Gasteiger charge is -1.95. The fourth-order valence-corrected chi connectivity index (χ4v) is 1.38. The van der Waals surface area contributed by atoms with Gasteiger partial charge in [-0.2, -0.15) is 0 Å². The van der Waals surface area contributed by atoms with Gasteiger partial charge in [0.1, 0.15) is 0 Å². The molecule has 1 aromatic carbocycles. The molecule has 0 unspecified atom stereocenters. The molecule has 0 aliphatic rings. The Morgan fingerprint density at radius 2 is 1.94 bits per heavy atom. The lowest BCUT2D eigenvalue weighted by atomic mass is 10.1. The molecule has 0 fully saturated rings. The summed E-state index contributed by atoms with van der Waals surface area (Å²) in [6, 6.07) is 9.34. The first-order valence-electron chi connectivity index (χ1n) is 5.68. The molecule has 1 rings (SSSR count). The Balaban J connectivity index is 2.66. The van der Waals surface area contributed by atoms with Crippen LogP contribution in [0, 0.1) is 0 Å². The van der Waals surface area contributed by atoms with Gasteiger partial charge in [0.25, 0.3) is 0 Å². The van der Waals surface area contributed by atoms with Crippen LogP contribution in [0.4, 0.5) is 0 Å². The van der Waals surface area contributed by atoms with Gasteiger partial charge in [-0.15, -0.1) is 0 Å². The van der Waals surface area contributed by atoms with Crippen LogP contribution in [-0.2, 0) is 0 Å². The van der Waals surface area contributed by atoms with Crippen LogP contribution < -0.4 is 0 Å². The molecule has 0 aromatic heterocycles. The van der Waals surface area contributed by atoms with E-state index in [1.165, 1.54) is 0 Å². The Hall–Kier alpha value is -1.63. The summed E-state index contributed by atoms with van der Waals surface area (Å²) in [7, 11) is 0. The summed E-state index contributed by atoms with van der Waals surface area (Å²) < 4.78 is 0. The molecule has 0 aliphatic heterocycles. The zero-order valence-corrected chi connectivity index (χ0v) is 9.94. The normalized spacial score (nSPS) is 12.0. The van der Waals surface area contributed by atoms with Gasteiger partial charge in [-0.25, -0.2) is 0 Å². The van der Waals surface area contributed by atoms with Crippen LogP contribution in [0.1, 0.15) is 37.0 Å². The molecular formula is C15H18O. The molecule has 0 radical (unpaired) electrons. The van der Waals surface area contributed by atoms with Crippen molar-refractivity contribution in [3.8, 4) is 0 Å². The van der Waals surface area contributed by atoms with Crippen molar-refractivity contribution in [2.75, 3.05) is 0 Å². The molecule has 0 saturated carbocycles. The minimum atomic E-state index is 0.0687. The average molecular weight is 214 g/mol. The van der Waals surface area contributed by atoms with Gasteiger partial charge in [0.05, 0.1) is 0 Å². The van der Waals surface area contributed by atoms with Crippen molar-refractivity contribution in [2.45, 2.75) is 26.7 Å². The van der Waals surface area contributed by atoms with Crippen molar-refractivity contribution in [3.05, 3.63) is 59.7 Å². The summed E-state index contributed by atoms with van der Waals surface area (Å²) in [4.78, 5) is 11.8. The molecule has 0 aliphatic carbocycles. The molecule has 16 heavy (non-hydrogen) atoms. The third-order valence-corrected chi connectivity index (χ3v) is 2.25. The van der Waals surface area contributed by atoms with Gasteiger partial charge in [-0.05, 0) is 25.0 Å². The Morgan fingerprint density at radius 1 is 1.25 bits per heavy atom. The lowest BCUT2D eigenvalue weighted by Crippen LogP contribution is -1.94. The van der Waals surface area contributed by atoms with E-state index < -0.39 is 0 Å². The van der Waals surface area contributed by atoms with Crippen molar-refractivity contribution < 1.29 is 4.79 Å². The maximum atomic E-state index is 11.8. The topological polar surface area (TPSA) is 17.1 Å². The van der Waals surface area contributed by atoms with Crippen LogP contribution in [0.5, 0.6) is 0 Å². The molecule has 0 heterocycles. The van der Waals surface area contributed by atoms with Gasteiger partial charge in [-0.3, -0.25) is 4.79 Å². The van der Waals surface area contributed by atoms with Crippen LogP contribution in [0.15, 0.2) is 54.1 Å². The van der Waals surface area contributed by atoms with Crippen LogP contribution in [0.3, 0.4) is 0 Å². The van der Waals surface area contributed by atoms with Gasteiger partial charge in [-0.1, -0.05) is 55.8 Å². The van der Waals surface area contributed by atoms with E-state index in [2.05, 4.69) is 13.0 Å². The molecule has 0 bridgehead atoms. The number of ketones is 1. The molecule has 84 valence electrons. The highest BCUT2D eigenvalue weighted by Gasteiger charge is 1.99. The van der Waals surface area contributed by atoms with Gasteiger partial charge in [0.15, 0.2) is 5.78 Å². The summed E-state index contributed by atoms with van der Waals surface area (Å²) in [5.74, 6) is 0.0687. The molecule has 1 heteroatoms. The molecule has 0 saturated heterocycles. The molecule has 0 N–H and O–H groups in total. The fraction of sp³-hybridized carbons (Fsp3) is 0.267.